The Morgan fingerprint density at radius 3 is 2.52 bits per heavy atom. The minimum Gasteiger partial charge on any atom is -0.303 e. The monoisotopic (exact) mass is 434 g/mol. The normalized spacial score (nSPS) is 19.5. The number of fused-ring (bicyclic) bond motifs is 1. The van der Waals surface area contributed by atoms with Gasteiger partial charge in [0.15, 0.2) is 5.65 Å². The fourth-order valence-corrected chi connectivity index (χ4v) is 5.77. The lowest BCUT2D eigenvalue weighted by Crippen LogP contribution is -2.15. The Labute approximate surface area is 180 Å². The summed E-state index contributed by atoms with van der Waals surface area (Å²) in [6.07, 6.45) is 11.5. The first-order valence-electron chi connectivity index (χ1n) is 10.3. The summed E-state index contributed by atoms with van der Waals surface area (Å²) >= 11 is 0. The lowest BCUT2D eigenvalue weighted by molar-refractivity contribution is -0.111. The van der Waals surface area contributed by atoms with Crippen LogP contribution in [-0.2, 0) is 14.8 Å². The van der Waals surface area contributed by atoms with E-state index in [1.165, 1.54) is 3.97 Å². The second-order valence-electron chi connectivity index (χ2n) is 8.03. The van der Waals surface area contributed by atoms with E-state index in [0.29, 0.717) is 11.6 Å². The van der Waals surface area contributed by atoms with Crippen LogP contribution in [0.25, 0.3) is 22.2 Å². The molecular formula is C23H22N4O3S. The van der Waals surface area contributed by atoms with Gasteiger partial charge in [-0.05, 0) is 55.4 Å². The molecule has 3 heterocycles. The molecule has 4 aromatic rings. The summed E-state index contributed by atoms with van der Waals surface area (Å²) in [5.74, 6) is 0.464. The molecule has 5 rings (SSSR count). The zero-order chi connectivity index (χ0) is 21.4. The van der Waals surface area contributed by atoms with Gasteiger partial charge in [0.2, 0.25) is 0 Å². The number of pyridine rings is 1. The average molecular weight is 435 g/mol. The second kappa shape index (κ2) is 7.77. The summed E-state index contributed by atoms with van der Waals surface area (Å²) in [5.41, 5.74) is 3.04. The number of aromatic amines is 1. The van der Waals surface area contributed by atoms with E-state index in [-0.39, 0.29) is 10.8 Å². The van der Waals surface area contributed by atoms with Crippen LogP contribution >= 0.6 is 0 Å². The number of nitrogens with zero attached hydrogens (tertiary/aromatic N) is 3. The lowest BCUT2D eigenvalue weighted by atomic mass is 9.79. The maximum atomic E-state index is 13.4. The van der Waals surface area contributed by atoms with Crippen LogP contribution < -0.4 is 0 Å². The van der Waals surface area contributed by atoms with E-state index < -0.39 is 10.0 Å². The topological polar surface area (TPSA) is 97.7 Å². The van der Waals surface area contributed by atoms with Crippen LogP contribution in [0.3, 0.4) is 0 Å². The smallest absolute Gasteiger partial charge is 0.269 e. The summed E-state index contributed by atoms with van der Waals surface area (Å²) in [4.78, 5) is 15.9. The highest BCUT2D eigenvalue weighted by atomic mass is 32.2. The molecular weight excluding hydrogens is 412 g/mol. The minimum atomic E-state index is -3.80. The van der Waals surface area contributed by atoms with Crippen LogP contribution in [-0.4, -0.2) is 33.9 Å². The van der Waals surface area contributed by atoms with E-state index in [1.54, 1.807) is 55.1 Å². The van der Waals surface area contributed by atoms with Crippen molar-refractivity contribution in [1.82, 2.24) is 19.2 Å². The molecule has 158 valence electrons. The van der Waals surface area contributed by atoms with Gasteiger partial charge in [-0.2, -0.15) is 5.10 Å². The third-order valence-corrected chi connectivity index (χ3v) is 7.84. The van der Waals surface area contributed by atoms with Crippen LogP contribution in [0, 0.1) is 5.92 Å². The van der Waals surface area contributed by atoms with Gasteiger partial charge in [-0.25, -0.2) is 17.4 Å². The number of carbonyl (C=O) groups is 1. The number of hydrogen-bond donors (Lipinski definition) is 1. The SMILES string of the molecule is O=CC1CCC(c2cnc3c(c2)c(-c2cn[nH]c2)cn3S(=O)(=O)c2ccccc2)CC1. The van der Waals surface area contributed by atoms with Crippen molar-refractivity contribution in [2.45, 2.75) is 36.5 Å². The molecule has 3 aromatic heterocycles. The molecule has 8 heteroatoms. The fourth-order valence-electron chi connectivity index (χ4n) is 4.42. The first-order chi connectivity index (χ1) is 15.1. The number of carbonyl (C=O) groups excluding carboxylic acids is 1. The molecule has 1 saturated carbocycles. The van der Waals surface area contributed by atoms with Gasteiger partial charge >= 0.3 is 0 Å². The molecule has 1 fully saturated rings. The highest BCUT2D eigenvalue weighted by Gasteiger charge is 2.26. The highest BCUT2D eigenvalue weighted by Crippen LogP contribution is 2.38. The summed E-state index contributed by atoms with van der Waals surface area (Å²) in [5, 5.41) is 7.60. The van der Waals surface area contributed by atoms with Crippen molar-refractivity contribution in [2.75, 3.05) is 0 Å². The Hall–Kier alpha value is -3.26. The molecule has 0 unspecified atom stereocenters. The predicted molar refractivity (Wildman–Crippen MR) is 117 cm³/mol. The van der Waals surface area contributed by atoms with E-state index in [2.05, 4.69) is 15.2 Å². The molecule has 31 heavy (non-hydrogen) atoms. The maximum absolute atomic E-state index is 13.4. The Kier molecular flexibility index (Phi) is 4.94. The number of hydrogen-bond acceptors (Lipinski definition) is 5. The Morgan fingerprint density at radius 1 is 1.06 bits per heavy atom. The molecule has 1 aliphatic rings. The minimum absolute atomic E-state index is 0.145. The van der Waals surface area contributed by atoms with Crippen LogP contribution in [0.2, 0.25) is 0 Å². The van der Waals surface area contributed by atoms with E-state index in [9.17, 15) is 13.2 Å². The molecule has 0 atom stereocenters. The van der Waals surface area contributed by atoms with Gasteiger partial charge in [-0.3, -0.25) is 5.10 Å². The van der Waals surface area contributed by atoms with Crippen LogP contribution in [0.1, 0.15) is 37.2 Å². The first-order valence-corrected chi connectivity index (χ1v) is 11.8. The molecule has 0 amide bonds. The van der Waals surface area contributed by atoms with E-state index >= 15 is 0 Å². The van der Waals surface area contributed by atoms with Gasteiger partial charge in [-0.15, -0.1) is 0 Å². The van der Waals surface area contributed by atoms with Crippen LogP contribution in [0.5, 0.6) is 0 Å². The largest absolute Gasteiger partial charge is 0.303 e. The summed E-state index contributed by atoms with van der Waals surface area (Å²) in [6, 6.07) is 10.4. The Bertz CT molecular complexity index is 1320. The van der Waals surface area contributed by atoms with Crippen molar-refractivity contribution in [3.63, 3.8) is 0 Å². The number of aldehydes is 1. The number of aromatic nitrogens is 4. The average Bonchev–Trinajstić information content (AvgIpc) is 3.47. The van der Waals surface area contributed by atoms with Gasteiger partial charge in [-0.1, -0.05) is 18.2 Å². The van der Waals surface area contributed by atoms with Crippen molar-refractivity contribution in [3.8, 4) is 11.1 Å². The van der Waals surface area contributed by atoms with Crippen LogP contribution in [0.15, 0.2) is 66.1 Å². The number of rotatable bonds is 5. The number of nitrogens with one attached hydrogen (secondary N) is 1. The van der Waals surface area contributed by atoms with Crippen molar-refractivity contribution in [2.24, 2.45) is 5.92 Å². The standard InChI is InChI=1S/C23H22N4O3S/c28-15-16-6-8-17(9-7-16)18-10-21-22(19-12-25-26-13-19)14-27(23(21)24-11-18)31(29,30)20-4-2-1-3-5-20/h1-5,10-17H,6-9H2,(H,25,26). The molecule has 0 aliphatic heterocycles. The molecule has 1 aromatic carbocycles. The Balaban J connectivity index is 1.64. The van der Waals surface area contributed by atoms with Gasteiger partial charge in [0.25, 0.3) is 10.0 Å². The van der Waals surface area contributed by atoms with Crippen molar-refractivity contribution in [1.29, 1.82) is 0 Å². The third kappa shape index (κ3) is 3.46. The molecule has 0 bridgehead atoms. The number of H-pyrrole nitrogens is 1. The second-order valence-corrected chi connectivity index (χ2v) is 9.85. The van der Waals surface area contributed by atoms with Crippen molar-refractivity contribution < 1.29 is 13.2 Å². The first kappa shape index (κ1) is 19.7. The van der Waals surface area contributed by atoms with Gasteiger partial charge < -0.3 is 4.79 Å². The summed E-state index contributed by atoms with van der Waals surface area (Å²) < 4.78 is 28.0. The van der Waals surface area contributed by atoms with Crippen molar-refractivity contribution in [3.05, 3.63) is 66.7 Å². The predicted octanol–water partition coefficient (Wildman–Crippen LogP) is 4.14. The lowest BCUT2D eigenvalue weighted by Gasteiger charge is -2.25. The molecule has 0 spiro atoms. The summed E-state index contributed by atoms with van der Waals surface area (Å²) in [7, 11) is -3.80. The zero-order valence-corrected chi connectivity index (χ0v) is 17.6. The van der Waals surface area contributed by atoms with E-state index in [1.807, 2.05) is 6.07 Å². The summed E-state index contributed by atoms with van der Waals surface area (Å²) in [6.45, 7) is 0. The molecule has 1 N–H and O–H groups in total. The fraction of sp³-hybridized carbons (Fsp3) is 0.261. The van der Waals surface area contributed by atoms with E-state index in [4.69, 9.17) is 0 Å². The third-order valence-electron chi connectivity index (χ3n) is 6.18. The quantitative estimate of drug-likeness (QED) is 0.476. The van der Waals surface area contributed by atoms with Gasteiger partial charge in [0, 0.05) is 41.0 Å². The number of benzene rings is 1. The molecule has 1 aliphatic carbocycles. The molecule has 0 radical (unpaired) electrons. The van der Waals surface area contributed by atoms with Gasteiger partial charge in [0.05, 0.1) is 11.1 Å². The van der Waals surface area contributed by atoms with Crippen LogP contribution in [0.4, 0.5) is 0 Å². The van der Waals surface area contributed by atoms with Crippen molar-refractivity contribution >= 4 is 27.3 Å². The molecule has 0 saturated heterocycles. The highest BCUT2D eigenvalue weighted by molar-refractivity contribution is 7.90. The van der Waals surface area contributed by atoms with E-state index in [0.717, 1.165) is 54.0 Å². The zero-order valence-electron chi connectivity index (χ0n) is 16.8. The van der Waals surface area contributed by atoms with Gasteiger partial charge in [0.1, 0.15) is 6.29 Å². The molecule has 7 nitrogen and oxygen atoms in total. The Morgan fingerprint density at radius 2 is 1.84 bits per heavy atom. The maximum Gasteiger partial charge on any atom is 0.269 e.